The lowest BCUT2D eigenvalue weighted by Crippen LogP contribution is -2.34. The predicted octanol–water partition coefficient (Wildman–Crippen LogP) is 1.15. The number of aromatic hydroxyl groups is 1. The van der Waals surface area contributed by atoms with E-state index in [9.17, 15) is 9.90 Å². The second kappa shape index (κ2) is 6.40. The molecule has 1 fully saturated rings. The largest absolute Gasteiger partial charge is 0.508 e. The second-order valence-corrected chi connectivity index (χ2v) is 4.65. The number of benzene rings is 1. The van der Waals surface area contributed by atoms with Crippen molar-refractivity contribution in [1.82, 2.24) is 10.2 Å². The number of aryl methyl sites for hydroxylation is 1. The molecule has 18 heavy (non-hydrogen) atoms. The van der Waals surface area contributed by atoms with Crippen molar-refractivity contribution in [1.29, 1.82) is 0 Å². The maximum atomic E-state index is 12.0. The number of carbonyl (C=O) groups excluding carboxylic acids is 1. The predicted molar refractivity (Wildman–Crippen MR) is 70.5 cm³/mol. The van der Waals surface area contributed by atoms with Gasteiger partial charge in [-0.1, -0.05) is 12.1 Å². The number of phenolic OH excluding ortho intramolecular Hbond substituents is 1. The molecule has 1 heterocycles. The molecule has 2 N–H and O–H groups in total. The Morgan fingerprint density at radius 3 is 2.78 bits per heavy atom. The summed E-state index contributed by atoms with van der Waals surface area (Å²) in [5, 5.41) is 12.5. The van der Waals surface area contributed by atoms with Crippen LogP contribution >= 0.6 is 0 Å². The first-order valence-electron chi connectivity index (χ1n) is 6.52. The highest BCUT2D eigenvalue weighted by Crippen LogP contribution is 2.12. The van der Waals surface area contributed by atoms with Crippen molar-refractivity contribution in [2.24, 2.45) is 0 Å². The molecule has 1 aliphatic heterocycles. The Hall–Kier alpha value is -1.55. The molecular formula is C14H20N2O2. The van der Waals surface area contributed by atoms with Gasteiger partial charge in [-0.3, -0.25) is 4.79 Å². The molecule has 4 nitrogen and oxygen atoms in total. The normalized spacial score (nSPS) is 16.3. The SMILES string of the molecule is O=C(CCc1ccc(O)cc1)N1CCCNCC1. The highest BCUT2D eigenvalue weighted by Gasteiger charge is 2.14. The van der Waals surface area contributed by atoms with Gasteiger partial charge < -0.3 is 15.3 Å². The minimum atomic E-state index is 0.228. The van der Waals surface area contributed by atoms with E-state index in [1.807, 2.05) is 17.0 Å². The van der Waals surface area contributed by atoms with Crippen LogP contribution < -0.4 is 5.32 Å². The number of hydrogen-bond donors (Lipinski definition) is 2. The molecule has 98 valence electrons. The first-order chi connectivity index (χ1) is 8.75. The third-order valence-electron chi connectivity index (χ3n) is 3.26. The van der Waals surface area contributed by atoms with Crippen LogP contribution in [0, 0.1) is 0 Å². The van der Waals surface area contributed by atoms with Gasteiger partial charge in [-0.25, -0.2) is 0 Å². The summed E-state index contributed by atoms with van der Waals surface area (Å²) in [5.74, 6) is 0.496. The van der Waals surface area contributed by atoms with Gasteiger partial charge in [-0.15, -0.1) is 0 Å². The van der Waals surface area contributed by atoms with Gasteiger partial charge in [0.2, 0.25) is 5.91 Å². The molecule has 4 heteroatoms. The van der Waals surface area contributed by atoms with Gasteiger partial charge in [0.1, 0.15) is 5.75 Å². The fourth-order valence-corrected chi connectivity index (χ4v) is 2.17. The minimum Gasteiger partial charge on any atom is -0.508 e. The zero-order valence-electron chi connectivity index (χ0n) is 10.6. The van der Waals surface area contributed by atoms with Crippen LogP contribution in [0.2, 0.25) is 0 Å². The number of amides is 1. The van der Waals surface area contributed by atoms with E-state index in [1.54, 1.807) is 12.1 Å². The molecular weight excluding hydrogens is 228 g/mol. The molecule has 0 radical (unpaired) electrons. The maximum absolute atomic E-state index is 12.0. The van der Waals surface area contributed by atoms with E-state index in [2.05, 4.69) is 5.32 Å². The lowest BCUT2D eigenvalue weighted by atomic mass is 10.1. The molecule has 1 aromatic carbocycles. The van der Waals surface area contributed by atoms with Crippen LogP contribution in [-0.4, -0.2) is 42.1 Å². The summed E-state index contributed by atoms with van der Waals surface area (Å²) in [5.41, 5.74) is 1.09. The first-order valence-corrected chi connectivity index (χ1v) is 6.52. The number of nitrogens with zero attached hydrogens (tertiary/aromatic N) is 1. The Morgan fingerprint density at radius 2 is 2.00 bits per heavy atom. The van der Waals surface area contributed by atoms with E-state index in [0.717, 1.165) is 44.6 Å². The summed E-state index contributed by atoms with van der Waals surface area (Å²) in [7, 11) is 0. The van der Waals surface area contributed by atoms with E-state index >= 15 is 0 Å². The number of hydrogen-bond acceptors (Lipinski definition) is 3. The number of phenols is 1. The van der Waals surface area contributed by atoms with Crippen molar-refractivity contribution < 1.29 is 9.90 Å². The Bertz CT molecular complexity index is 381. The topological polar surface area (TPSA) is 52.6 Å². The van der Waals surface area contributed by atoms with Crippen LogP contribution in [0.5, 0.6) is 5.75 Å². The highest BCUT2D eigenvalue weighted by atomic mass is 16.3. The summed E-state index contributed by atoms with van der Waals surface area (Å²) in [4.78, 5) is 14.0. The van der Waals surface area contributed by atoms with Crippen molar-refractivity contribution in [3.05, 3.63) is 29.8 Å². The summed E-state index contributed by atoms with van der Waals surface area (Å²) in [6, 6.07) is 7.06. The fraction of sp³-hybridized carbons (Fsp3) is 0.500. The zero-order valence-corrected chi connectivity index (χ0v) is 10.6. The van der Waals surface area contributed by atoms with E-state index in [-0.39, 0.29) is 11.7 Å². The third-order valence-corrected chi connectivity index (χ3v) is 3.26. The molecule has 0 unspecified atom stereocenters. The lowest BCUT2D eigenvalue weighted by molar-refractivity contribution is -0.130. The maximum Gasteiger partial charge on any atom is 0.222 e. The van der Waals surface area contributed by atoms with Crippen molar-refractivity contribution >= 4 is 5.91 Å². The molecule has 1 aliphatic rings. The van der Waals surface area contributed by atoms with Crippen LogP contribution in [0.3, 0.4) is 0 Å². The minimum absolute atomic E-state index is 0.228. The summed E-state index contributed by atoms with van der Waals surface area (Å²) >= 11 is 0. The molecule has 1 aromatic rings. The molecule has 0 saturated carbocycles. The summed E-state index contributed by atoms with van der Waals surface area (Å²) in [6.07, 6.45) is 2.32. The fourth-order valence-electron chi connectivity index (χ4n) is 2.17. The quantitative estimate of drug-likeness (QED) is 0.843. The summed E-state index contributed by atoms with van der Waals surface area (Å²) < 4.78 is 0. The molecule has 0 bridgehead atoms. The van der Waals surface area contributed by atoms with Crippen LogP contribution in [0.4, 0.5) is 0 Å². The van der Waals surface area contributed by atoms with Crippen LogP contribution in [0.25, 0.3) is 0 Å². The van der Waals surface area contributed by atoms with E-state index in [4.69, 9.17) is 0 Å². The summed E-state index contributed by atoms with van der Waals surface area (Å²) in [6.45, 7) is 3.57. The van der Waals surface area contributed by atoms with Gasteiger partial charge in [0, 0.05) is 26.1 Å². The second-order valence-electron chi connectivity index (χ2n) is 4.65. The van der Waals surface area contributed by atoms with Crippen molar-refractivity contribution in [2.45, 2.75) is 19.3 Å². The van der Waals surface area contributed by atoms with Gasteiger partial charge in [0.15, 0.2) is 0 Å². The van der Waals surface area contributed by atoms with Crippen LogP contribution in [-0.2, 0) is 11.2 Å². The molecule has 1 amide bonds. The Morgan fingerprint density at radius 1 is 1.22 bits per heavy atom. The van der Waals surface area contributed by atoms with Gasteiger partial charge in [0.05, 0.1) is 0 Å². The van der Waals surface area contributed by atoms with Crippen molar-refractivity contribution in [3.63, 3.8) is 0 Å². The molecule has 0 spiro atoms. The van der Waals surface area contributed by atoms with Crippen molar-refractivity contribution in [3.8, 4) is 5.75 Å². The van der Waals surface area contributed by atoms with E-state index in [0.29, 0.717) is 6.42 Å². The average Bonchev–Trinajstić information content (AvgIpc) is 2.66. The van der Waals surface area contributed by atoms with E-state index in [1.165, 1.54) is 0 Å². The number of carbonyl (C=O) groups is 1. The lowest BCUT2D eigenvalue weighted by Gasteiger charge is -2.19. The molecule has 0 aromatic heterocycles. The smallest absolute Gasteiger partial charge is 0.222 e. The number of nitrogens with one attached hydrogen (secondary N) is 1. The van der Waals surface area contributed by atoms with Gasteiger partial charge in [-0.05, 0) is 37.1 Å². The van der Waals surface area contributed by atoms with Gasteiger partial charge in [0.25, 0.3) is 0 Å². The van der Waals surface area contributed by atoms with Gasteiger partial charge in [-0.2, -0.15) is 0 Å². The van der Waals surface area contributed by atoms with Crippen LogP contribution in [0.15, 0.2) is 24.3 Å². The van der Waals surface area contributed by atoms with Crippen molar-refractivity contribution in [2.75, 3.05) is 26.2 Å². The zero-order chi connectivity index (χ0) is 12.8. The Labute approximate surface area is 108 Å². The first kappa shape index (κ1) is 12.9. The highest BCUT2D eigenvalue weighted by molar-refractivity contribution is 5.76. The van der Waals surface area contributed by atoms with Gasteiger partial charge >= 0.3 is 0 Å². The third kappa shape index (κ3) is 3.74. The average molecular weight is 248 g/mol. The monoisotopic (exact) mass is 248 g/mol. The van der Waals surface area contributed by atoms with E-state index < -0.39 is 0 Å². The van der Waals surface area contributed by atoms with Crippen LogP contribution in [0.1, 0.15) is 18.4 Å². The Balaban J connectivity index is 1.81. The molecule has 1 saturated heterocycles. The molecule has 0 aliphatic carbocycles. The molecule has 0 atom stereocenters. The molecule has 2 rings (SSSR count). The number of rotatable bonds is 3. The Kier molecular flexibility index (Phi) is 4.59. The standard InChI is InChI=1S/C14H20N2O2/c17-13-5-2-12(3-6-13)4-7-14(18)16-10-1-8-15-9-11-16/h2-3,5-6,15,17H,1,4,7-11H2.